The Bertz CT molecular complexity index is 468. The highest BCUT2D eigenvalue weighted by Gasteiger charge is 2.19. The van der Waals surface area contributed by atoms with Crippen molar-refractivity contribution in [1.82, 2.24) is 0 Å². The number of aliphatic carboxylic acids is 1. The first-order chi connectivity index (χ1) is 8.99. The van der Waals surface area contributed by atoms with E-state index >= 15 is 0 Å². The zero-order valence-corrected chi connectivity index (χ0v) is 10.6. The molecule has 0 saturated carbocycles. The highest BCUT2D eigenvalue weighted by atomic mass is 16.5. The molecule has 2 atom stereocenters. The lowest BCUT2D eigenvalue weighted by atomic mass is 10.0. The lowest BCUT2D eigenvalue weighted by Crippen LogP contribution is -2.18. The maximum atomic E-state index is 10.4. The maximum Gasteiger partial charge on any atom is 0.328 e. The molecule has 0 spiro atoms. The molecule has 6 nitrogen and oxygen atoms in total. The van der Waals surface area contributed by atoms with Crippen molar-refractivity contribution in [3.8, 4) is 11.5 Å². The van der Waals surface area contributed by atoms with Gasteiger partial charge >= 0.3 is 5.97 Å². The van der Waals surface area contributed by atoms with Gasteiger partial charge in [0.05, 0.1) is 7.11 Å². The van der Waals surface area contributed by atoms with Crippen LogP contribution >= 0.6 is 0 Å². The highest BCUT2D eigenvalue weighted by Crippen LogP contribution is 2.30. The molecule has 3 N–H and O–H groups in total. The third kappa shape index (κ3) is 3.97. The molecule has 0 unspecified atom stereocenters. The largest absolute Gasteiger partial charge is 0.504 e. The van der Waals surface area contributed by atoms with Crippen molar-refractivity contribution >= 4 is 5.97 Å². The van der Waals surface area contributed by atoms with Crippen LogP contribution in [0.3, 0.4) is 0 Å². The van der Waals surface area contributed by atoms with E-state index in [1.807, 2.05) is 0 Å². The molecule has 0 bridgehead atoms. The van der Waals surface area contributed by atoms with Crippen molar-refractivity contribution < 1.29 is 29.6 Å². The average Bonchev–Trinajstić information content (AvgIpc) is 2.38. The number of phenols is 1. The van der Waals surface area contributed by atoms with Crippen LogP contribution in [-0.4, -0.2) is 41.6 Å². The third-order valence-corrected chi connectivity index (χ3v) is 2.56. The van der Waals surface area contributed by atoms with Crippen molar-refractivity contribution in [2.45, 2.75) is 12.2 Å². The molecule has 1 aromatic rings. The van der Waals surface area contributed by atoms with Crippen LogP contribution in [0.2, 0.25) is 0 Å². The molecule has 0 aliphatic heterocycles. The fourth-order valence-corrected chi connectivity index (χ4v) is 1.57. The molecule has 0 saturated heterocycles. The standard InChI is InChI=1S/C13H16O6/c1-18-10-4-3-8(7-9(10)14)13(17)11(19-2)5-6-12(15)16/h3-7,11,13-14,17H,1-2H3,(H,15,16)/b6-5+/t11-,13-/m0/s1. The highest BCUT2D eigenvalue weighted by molar-refractivity contribution is 5.79. The van der Waals surface area contributed by atoms with E-state index in [0.717, 1.165) is 6.08 Å². The number of aromatic hydroxyl groups is 1. The summed E-state index contributed by atoms with van der Waals surface area (Å²) in [6, 6.07) is 4.40. The van der Waals surface area contributed by atoms with Gasteiger partial charge in [0.25, 0.3) is 0 Å². The molecule has 0 heterocycles. The summed E-state index contributed by atoms with van der Waals surface area (Å²) in [4.78, 5) is 10.4. The molecule has 0 fully saturated rings. The number of carboxylic acids is 1. The Morgan fingerprint density at radius 2 is 2.05 bits per heavy atom. The number of phenolic OH excluding ortho intramolecular Hbond substituents is 1. The lowest BCUT2D eigenvalue weighted by Gasteiger charge is -2.19. The summed E-state index contributed by atoms with van der Waals surface area (Å²) in [5.74, 6) is -0.964. The summed E-state index contributed by atoms with van der Waals surface area (Å²) in [5, 5.41) is 28.2. The predicted octanol–water partition coefficient (Wildman–Crippen LogP) is 1.09. The molecule has 1 aromatic carbocycles. The van der Waals surface area contributed by atoms with E-state index in [-0.39, 0.29) is 11.5 Å². The monoisotopic (exact) mass is 268 g/mol. The molecule has 1 rings (SSSR count). The normalized spacial score (nSPS) is 14.3. The van der Waals surface area contributed by atoms with E-state index in [1.165, 1.54) is 32.4 Å². The number of methoxy groups -OCH3 is 2. The maximum absolute atomic E-state index is 10.4. The Morgan fingerprint density at radius 3 is 2.53 bits per heavy atom. The smallest absolute Gasteiger partial charge is 0.328 e. The molecular formula is C13H16O6. The molecule has 0 radical (unpaired) electrons. The fraction of sp³-hybridized carbons (Fsp3) is 0.308. The number of hydrogen-bond donors (Lipinski definition) is 3. The molecule has 0 aliphatic carbocycles. The molecule has 0 amide bonds. The number of carbonyl (C=O) groups is 1. The summed E-state index contributed by atoms with van der Waals surface area (Å²) in [6.07, 6.45) is 0.191. The topological polar surface area (TPSA) is 96.2 Å². The summed E-state index contributed by atoms with van der Waals surface area (Å²) < 4.78 is 9.89. The van der Waals surface area contributed by atoms with Crippen molar-refractivity contribution in [1.29, 1.82) is 0 Å². The first-order valence-corrected chi connectivity index (χ1v) is 5.48. The number of rotatable bonds is 6. The van der Waals surface area contributed by atoms with Crippen LogP contribution < -0.4 is 4.74 Å². The Kier molecular flexibility index (Phi) is 5.35. The Hall–Kier alpha value is -2.05. The number of ether oxygens (including phenoxy) is 2. The number of aliphatic hydroxyl groups is 1. The summed E-state index contributed by atoms with van der Waals surface area (Å²) in [5.41, 5.74) is 0.389. The van der Waals surface area contributed by atoms with Crippen LogP contribution in [0, 0.1) is 0 Å². The van der Waals surface area contributed by atoms with Gasteiger partial charge in [-0.15, -0.1) is 0 Å². The SMILES string of the molecule is COc1ccc([C@H](O)[C@H](/C=C/C(=O)O)OC)cc1O. The van der Waals surface area contributed by atoms with Gasteiger partial charge in [-0.05, 0) is 23.8 Å². The molecule has 19 heavy (non-hydrogen) atoms. The molecule has 0 aliphatic rings. The number of benzene rings is 1. The summed E-state index contributed by atoms with van der Waals surface area (Å²) in [6.45, 7) is 0. The van der Waals surface area contributed by atoms with Crippen molar-refractivity contribution in [3.63, 3.8) is 0 Å². The van der Waals surface area contributed by atoms with Crippen LogP contribution in [0.15, 0.2) is 30.4 Å². The van der Waals surface area contributed by atoms with Gasteiger partial charge in [-0.3, -0.25) is 0 Å². The number of hydrogen-bond acceptors (Lipinski definition) is 5. The van der Waals surface area contributed by atoms with Crippen molar-refractivity contribution in [3.05, 3.63) is 35.9 Å². The van der Waals surface area contributed by atoms with E-state index in [1.54, 1.807) is 6.07 Å². The second kappa shape index (κ2) is 6.77. The van der Waals surface area contributed by atoms with Crippen LogP contribution in [-0.2, 0) is 9.53 Å². The number of aliphatic hydroxyl groups excluding tert-OH is 1. The van der Waals surface area contributed by atoms with Gasteiger partial charge < -0.3 is 24.8 Å². The zero-order valence-electron chi connectivity index (χ0n) is 10.6. The van der Waals surface area contributed by atoms with Gasteiger partial charge in [-0.1, -0.05) is 6.07 Å². The van der Waals surface area contributed by atoms with E-state index in [4.69, 9.17) is 14.6 Å². The van der Waals surface area contributed by atoms with Gasteiger partial charge in [0.15, 0.2) is 11.5 Å². The second-order valence-corrected chi connectivity index (χ2v) is 3.77. The van der Waals surface area contributed by atoms with E-state index < -0.39 is 18.2 Å². The first-order valence-electron chi connectivity index (χ1n) is 5.48. The van der Waals surface area contributed by atoms with E-state index in [0.29, 0.717) is 5.56 Å². The van der Waals surface area contributed by atoms with Crippen molar-refractivity contribution in [2.75, 3.05) is 14.2 Å². The summed E-state index contributed by atoms with van der Waals surface area (Å²) >= 11 is 0. The minimum atomic E-state index is -1.13. The van der Waals surface area contributed by atoms with Gasteiger partial charge in [-0.2, -0.15) is 0 Å². The molecule has 104 valence electrons. The Balaban J connectivity index is 2.94. The van der Waals surface area contributed by atoms with Crippen LogP contribution in [0.1, 0.15) is 11.7 Å². The van der Waals surface area contributed by atoms with Gasteiger partial charge in [0.1, 0.15) is 12.2 Å². The van der Waals surface area contributed by atoms with Crippen LogP contribution in [0.5, 0.6) is 11.5 Å². The fourth-order valence-electron chi connectivity index (χ4n) is 1.57. The van der Waals surface area contributed by atoms with E-state index in [9.17, 15) is 15.0 Å². The molecule has 6 heteroatoms. The first kappa shape index (κ1) is 15.0. The summed E-state index contributed by atoms with van der Waals surface area (Å²) in [7, 11) is 2.77. The molecule has 0 aromatic heterocycles. The van der Waals surface area contributed by atoms with Crippen LogP contribution in [0.25, 0.3) is 0 Å². The quantitative estimate of drug-likeness (QED) is 0.668. The minimum Gasteiger partial charge on any atom is -0.504 e. The molecular weight excluding hydrogens is 252 g/mol. The zero-order chi connectivity index (χ0) is 14.4. The van der Waals surface area contributed by atoms with Gasteiger partial charge in [0, 0.05) is 13.2 Å². The predicted molar refractivity (Wildman–Crippen MR) is 67.2 cm³/mol. The lowest BCUT2D eigenvalue weighted by molar-refractivity contribution is -0.131. The van der Waals surface area contributed by atoms with E-state index in [2.05, 4.69) is 0 Å². The Labute approximate surface area is 110 Å². The average molecular weight is 268 g/mol. The van der Waals surface area contributed by atoms with Crippen LogP contribution in [0.4, 0.5) is 0 Å². The second-order valence-electron chi connectivity index (χ2n) is 3.77. The number of carboxylic acid groups (broad SMARTS) is 1. The Morgan fingerprint density at radius 1 is 1.37 bits per heavy atom. The minimum absolute atomic E-state index is 0.115. The van der Waals surface area contributed by atoms with Gasteiger partial charge in [-0.25, -0.2) is 4.79 Å². The van der Waals surface area contributed by atoms with Crippen molar-refractivity contribution in [2.24, 2.45) is 0 Å². The third-order valence-electron chi connectivity index (χ3n) is 2.56. The van der Waals surface area contributed by atoms with Gasteiger partial charge in [0.2, 0.25) is 0 Å².